The first-order valence-corrected chi connectivity index (χ1v) is 10.8. The van der Waals surface area contributed by atoms with Crippen molar-refractivity contribution in [1.29, 1.82) is 0 Å². The molecule has 3 heteroatoms. The largest absolute Gasteiger partial charge is 0.436 e. The zero-order valence-corrected chi connectivity index (χ0v) is 17.4. The van der Waals surface area contributed by atoms with Crippen LogP contribution in [0.5, 0.6) is 0 Å². The van der Waals surface area contributed by atoms with Gasteiger partial charge >= 0.3 is 0 Å². The van der Waals surface area contributed by atoms with Gasteiger partial charge in [0.2, 0.25) is 5.89 Å². The van der Waals surface area contributed by atoms with Crippen molar-refractivity contribution in [3.05, 3.63) is 96.6 Å². The van der Waals surface area contributed by atoms with E-state index < -0.39 is 0 Å². The summed E-state index contributed by atoms with van der Waals surface area (Å²) in [5.41, 5.74) is 7.59. The zero-order chi connectivity index (χ0) is 20.8. The van der Waals surface area contributed by atoms with E-state index in [0.717, 1.165) is 35.2 Å². The van der Waals surface area contributed by atoms with Crippen LogP contribution in [-0.4, -0.2) is 9.55 Å². The predicted molar refractivity (Wildman–Crippen MR) is 128 cm³/mol. The lowest BCUT2D eigenvalue weighted by Crippen LogP contribution is -1.93. The van der Waals surface area contributed by atoms with Gasteiger partial charge in [0.05, 0.1) is 11.0 Å². The molecule has 0 radical (unpaired) electrons. The molecule has 0 aliphatic heterocycles. The number of aryl methyl sites for hydroxylation is 1. The van der Waals surface area contributed by atoms with Crippen molar-refractivity contribution in [1.82, 2.24) is 9.55 Å². The topological polar surface area (TPSA) is 31.0 Å². The van der Waals surface area contributed by atoms with Crippen molar-refractivity contribution < 1.29 is 4.42 Å². The van der Waals surface area contributed by atoms with E-state index in [4.69, 9.17) is 9.40 Å². The van der Waals surface area contributed by atoms with Crippen LogP contribution in [0.25, 0.3) is 50.0 Å². The standard InChI is InChI=1S/C28H22N2O/c1-2-8-19-9-7-12-24-27(19)31-28(29-24)20-15-17-21(18-16-20)30-25-13-5-3-10-22(25)23-11-4-6-14-26(23)30/h3-7,9-18H,2,8H2,1H3. The Labute approximate surface area is 180 Å². The van der Waals surface area contributed by atoms with E-state index >= 15 is 0 Å². The Kier molecular flexibility index (Phi) is 4.13. The highest BCUT2D eigenvalue weighted by atomic mass is 16.3. The third kappa shape index (κ3) is 2.85. The number of benzene rings is 4. The van der Waals surface area contributed by atoms with E-state index in [-0.39, 0.29) is 0 Å². The number of para-hydroxylation sites is 3. The molecule has 31 heavy (non-hydrogen) atoms. The fourth-order valence-electron chi connectivity index (χ4n) is 4.55. The first-order valence-electron chi connectivity index (χ1n) is 10.8. The number of aromatic nitrogens is 2. The summed E-state index contributed by atoms with van der Waals surface area (Å²) in [4.78, 5) is 4.74. The lowest BCUT2D eigenvalue weighted by atomic mass is 10.1. The zero-order valence-electron chi connectivity index (χ0n) is 17.4. The van der Waals surface area contributed by atoms with Crippen LogP contribution >= 0.6 is 0 Å². The van der Waals surface area contributed by atoms with Gasteiger partial charge in [-0.1, -0.05) is 61.9 Å². The summed E-state index contributed by atoms with van der Waals surface area (Å²) < 4.78 is 8.51. The van der Waals surface area contributed by atoms with Crippen LogP contribution in [0.1, 0.15) is 18.9 Å². The Morgan fingerprint density at radius 1 is 0.742 bits per heavy atom. The molecule has 2 aromatic heterocycles. The smallest absolute Gasteiger partial charge is 0.227 e. The fraction of sp³-hybridized carbons (Fsp3) is 0.107. The lowest BCUT2D eigenvalue weighted by Gasteiger charge is -2.08. The van der Waals surface area contributed by atoms with Crippen LogP contribution in [0.3, 0.4) is 0 Å². The van der Waals surface area contributed by atoms with Gasteiger partial charge < -0.3 is 8.98 Å². The number of nitrogens with zero attached hydrogens (tertiary/aromatic N) is 2. The van der Waals surface area contributed by atoms with Gasteiger partial charge in [-0.15, -0.1) is 0 Å². The van der Waals surface area contributed by atoms with E-state index in [0.29, 0.717) is 5.89 Å². The molecule has 6 rings (SSSR count). The van der Waals surface area contributed by atoms with Gasteiger partial charge in [0, 0.05) is 22.0 Å². The minimum absolute atomic E-state index is 0.673. The molecule has 0 saturated heterocycles. The van der Waals surface area contributed by atoms with E-state index in [9.17, 15) is 0 Å². The highest BCUT2D eigenvalue weighted by Gasteiger charge is 2.14. The Hall–Kier alpha value is -3.85. The molecule has 2 heterocycles. The Morgan fingerprint density at radius 2 is 1.42 bits per heavy atom. The average Bonchev–Trinajstić information content (AvgIpc) is 3.40. The van der Waals surface area contributed by atoms with Crippen molar-refractivity contribution in [2.45, 2.75) is 19.8 Å². The van der Waals surface area contributed by atoms with Gasteiger partial charge in [-0.25, -0.2) is 4.98 Å². The van der Waals surface area contributed by atoms with Crippen LogP contribution < -0.4 is 0 Å². The summed E-state index contributed by atoms with van der Waals surface area (Å²) in [6.45, 7) is 2.18. The summed E-state index contributed by atoms with van der Waals surface area (Å²) in [6, 6.07) is 31.8. The molecule has 0 spiro atoms. The summed E-state index contributed by atoms with van der Waals surface area (Å²) in [7, 11) is 0. The van der Waals surface area contributed by atoms with Crippen molar-refractivity contribution in [2.24, 2.45) is 0 Å². The molecule has 0 aliphatic rings. The van der Waals surface area contributed by atoms with E-state index in [1.807, 2.05) is 6.07 Å². The van der Waals surface area contributed by atoms with E-state index in [2.05, 4.69) is 96.4 Å². The molecular weight excluding hydrogens is 380 g/mol. The number of oxazole rings is 1. The van der Waals surface area contributed by atoms with E-state index in [1.165, 1.54) is 27.4 Å². The summed E-state index contributed by atoms with van der Waals surface area (Å²) >= 11 is 0. The highest BCUT2D eigenvalue weighted by molar-refractivity contribution is 6.09. The molecule has 0 atom stereocenters. The van der Waals surface area contributed by atoms with Crippen LogP contribution in [0.4, 0.5) is 0 Å². The molecule has 0 amide bonds. The van der Waals surface area contributed by atoms with Crippen LogP contribution in [-0.2, 0) is 6.42 Å². The maximum Gasteiger partial charge on any atom is 0.227 e. The van der Waals surface area contributed by atoms with E-state index in [1.54, 1.807) is 0 Å². The first-order chi connectivity index (χ1) is 15.3. The van der Waals surface area contributed by atoms with Crippen molar-refractivity contribution in [3.63, 3.8) is 0 Å². The molecule has 0 aliphatic carbocycles. The molecule has 0 unspecified atom stereocenters. The van der Waals surface area contributed by atoms with Gasteiger partial charge in [-0.2, -0.15) is 0 Å². The molecule has 3 nitrogen and oxygen atoms in total. The number of hydrogen-bond acceptors (Lipinski definition) is 2. The monoisotopic (exact) mass is 402 g/mol. The second-order valence-corrected chi connectivity index (χ2v) is 7.95. The number of fused-ring (bicyclic) bond motifs is 4. The summed E-state index contributed by atoms with van der Waals surface area (Å²) in [5.74, 6) is 0.673. The van der Waals surface area contributed by atoms with Gasteiger partial charge in [0.25, 0.3) is 0 Å². The van der Waals surface area contributed by atoms with Crippen molar-refractivity contribution in [3.8, 4) is 17.1 Å². The van der Waals surface area contributed by atoms with Crippen LogP contribution in [0.15, 0.2) is 95.4 Å². The molecule has 0 fully saturated rings. The normalized spacial score (nSPS) is 11.6. The van der Waals surface area contributed by atoms with Crippen LogP contribution in [0, 0.1) is 0 Å². The predicted octanol–water partition coefficient (Wildman–Crippen LogP) is 7.54. The third-order valence-corrected chi connectivity index (χ3v) is 5.97. The Morgan fingerprint density at radius 3 is 2.10 bits per heavy atom. The molecule has 4 aromatic carbocycles. The fourth-order valence-corrected chi connectivity index (χ4v) is 4.55. The quantitative estimate of drug-likeness (QED) is 0.305. The number of hydrogen-bond donors (Lipinski definition) is 0. The molecule has 0 N–H and O–H groups in total. The summed E-state index contributed by atoms with van der Waals surface area (Å²) in [5, 5.41) is 2.54. The first kappa shape index (κ1) is 18.0. The average molecular weight is 402 g/mol. The van der Waals surface area contributed by atoms with Gasteiger partial charge in [0.1, 0.15) is 5.52 Å². The molecule has 0 saturated carbocycles. The SMILES string of the molecule is CCCc1cccc2nc(-c3ccc(-n4c5ccccc5c5ccccc54)cc3)oc12. The highest BCUT2D eigenvalue weighted by Crippen LogP contribution is 2.33. The van der Waals surface area contributed by atoms with Crippen molar-refractivity contribution >= 4 is 32.9 Å². The minimum atomic E-state index is 0.673. The maximum atomic E-state index is 6.19. The molecular formula is C28H22N2O. The lowest BCUT2D eigenvalue weighted by molar-refractivity contribution is 0.614. The second kappa shape index (κ2) is 7.13. The van der Waals surface area contributed by atoms with Gasteiger partial charge in [0.15, 0.2) is 5.58 Å². The minimum Gasteiger partial charge on any atom is -0.436 e. The Bertz CT molecular complexity index is 1480. The molecule has 0 bridgehead atoms. The third-order valence-electron chi connectivity index (χ3n) is 5.97. The van der Waals surface area contributed by atoms with Crippen molar-refractivity contribution in [2.75, 3.05) is 0 Å². The molecule has 150 valence electrons. The number of rotatable bonds is 4. The van der Waals surface area contributed by atoms with Gasteiger partial charge in [-0.3, -0.25) is 0 Å². The van der Waals surface area contributed by atoms with Crippen LogP contribution in [0.2, 0.25) is 0 Å². The Balaban J connectivity index is 1.47. The maximum absolute atomic E-state index is 6.19. The molecule has 6 aromatic rings. The van der Waals surface area contributed by atoms with Gasteiger partial charge in [-0.05, 0) is 54.4 Å². The summed E-state index contributed by atoms with van der Waals surface area (Å²) in [6.07, 6.45) is 2.08. The second-order valence-electron chi connectivity index (χ2n) is 7.95.